The van der Waals surface area contributed by atoms with Gasteiger partial charge in [0.1, 0.15) is 17.5 Å². The second-order valence-electron chi connectivity index (χ2n) is 5.62. The third kappa shape index (κ3) is 4.33. The molecule has 108 valence electrons. The van der Waals surface area contributed by atoms with E-state index in [4.69, 9.17) is 10.9 Å². The van der Waals surface area contributed by atoms with E-state index < -0.39 is 0 Å². The minimum Gasteiger partial charge on any atom is -0.396 e. The highest BCUT2D eigenvalue weighted by Gasteiger charge is 2.20. The van der Waals surface area contributed by atoms with Crippen LogP contribution >= 0.6 is 0 Å². The summed E-state index contributed by atoms with van der Waals surface area (Å²) in [7, 11) is 0. The Morgan fingerprint density at radius 1 is 1.16 bits per heavy atom. The SMILES string of the molecule is Cc1c(NN)nc(C(C)(C)C)nc1NCCCCO. The van der Waals surface area contributed by atoms with Crippen LogP contribution in [0.3, 0.4) is 0 Å². The van der Waals surface area contributed by atoms with E-state index in [2.05, 4.69) is 41.5 Å². The molecule has 0 aliphatic carbocycles. The van der Waals surface area contributed by atoms with Gasteiger partial charge in [0.2, 0.25) is 0 Å². The second-order valence-corrected chi connectivity index (χ2v) is 5.62. The summed E-state index contributed by atoms with van der Waals surface area (Å²) in [6.45, 7) is 9.10. The van der Waals surface area contributed by atoms with Gasteiger partial charge in [0.25, 0.3) is 0 Å². The van der Waals surface area contributed by atoms with Gasteiger partial charge in [0.05, 0.1) is 0 Å². The lowest BCUT2D eigenvalue weighted by atomic mass is 9.95. The number of nitrogen functional groups attached to an aromatic ring is 1. The number of hydrazine groups is 1. The van der Waals surface area contributed by atoms with Crippen molar-refractivity contribution in [1.82, 2.24) is 9.97 Å². The number of aliphatic hydroxyl groups is 1. The second kappa shape index (κ2) is 6.68. The van der Waals surface area contributed by atoms with Crippen LogP contribution in [0.4, 0.5) is 11.6 Å². The fraction of sp³-hybridized carbons (Fsp3) is 0.692. The van der Waals surface area contributed by atoms with Crippen LogP contribution < -0.4 is 16.6 Å². The minimum atomic E-state index is -0.138. The average molecular weight is 267 g/mol. The van der Waals surface area contributed by atoms with Gasteiger partial charge < -0.3 is 15.8 Å². The summed E-state index contributed by atoms with van der Waals surface area (Å²) in [5.74, 6) is 7.69. The number of hydrogen-bond acceptors (Lipinski definition) is 6. The first-order valence-corrected chi connectivity index (χ1v) is 6.60. The molecule has 0 saturated carbocycles. The fourth-order valence-corrected chi connectivity index (χ4v) is 1.61. The zero-order valence-corrected chi connectivity index (χ0v) is 12.2. The zero-order valence-electron chi connectivity index (χ0n) is 12.2. The lowest BCUT2D eigenvalue weighted by molar-refractivity contribution is 0.286. The summed E-state index contributed by atoms with van der Waals surface area (Å²) in [4.78, 5) is 9.01. The van der Waals surface area contributed by atoms with Crippen LogP contribution in [0.25, 0.3) is 0 Å². The van der Waals surface area contributed by atoms with Gasteiger partial charge in [-0.3, -0.25) is 0 Å². The Morgan fingerprint density at radius 2 is 1.79 bits per heavy atom. The first-order chi connectivity index (χ1) is 8.90. The van der Waals surface area contributed by atoms with Crippen LogP contribution in [-0.2, 0) is 5.41 Å². The summed E-state index contributed by atoms with van der Waals surface area (Å²) in [6.07, 6.45) is 1.68. The number of hydrogen-bond donors (Lipinski definition) is 4. The Morgan fingerprint density at radius 3 is 2.32 bits per heavy atom. The Balaban J connectivity index is 2.95. The van der Waals surface area contributed by atoms with Gasteiger partial charge in [-0.15, -0.1) is 0 Å². The predicted octanol–water partition coefficient (Wildman–Crippen LogP) is 1.55. The Hall–Kier alpha value is -1.40. The number of nitrogens with zero attached hydrogens (tertiary/aromatic N) is 2. The van der Waals surface area contributed by atoms with Crippen molar-refractivity contribution < 1.29 is 5.11 Å². The highest BCUT2D eigenvalue weighted by atomic mass is 16.2. The maximum absolute atomic E-state index is 8.77. The number of aliphatic hydroxyl groups excluding tert-OH is 1. The van der Waals surface area contributed by atoms with Gasteiger partial charge in [0, 0.05) is 24.1 Å². The fourth-order valence-electron chi connectivity index (χ4n) is 1.61. The molecule has 0 fully saturated rings. The topological polar surface area (TPSA) is 96.1 Å². The summed E-state index contributed by atoms with van der Waals surface area (Å²) in [6, 6.07) is 0. The van der Waals surface area contributed by atoms with Crippen molar-refractivity contribution in [3.8, 4) is 0 Å². The maximum atomic E-state index is 8.77. The van der Waals surface area contributed by atoms with Crippen LogP contribution in [0.2, 0.25) is 0 Å². The molecule has 0 aliphatic heterocycles. The van der Waals surface area contributed by atoms with E-state index in [0.717, 1.165) is 36.6 Å². The van der Waals surface area contributed by atoms with Gasteiger partial charge in [-0.25, -0.2) is 15.8 Å². The van der Waals surface area contributed by atoms with E-state index in [0.29, 0.717) is 5.82 Å². The lowest BCUT2D eigenvalue weighted by Gasteiger charge is -2.20. The number of rotatable bonds is 6. The van der Waals surface area contributed by atoms with Crippen molar-refractivity contribution >= 4 is 11.6 Å². The number of anilines is 2. The Bertz CT molecular complexity index is 414. The van der Waals surface area contributed by atoms with Crippen molar-refractivity contribution in [2.24, 2.45) is 5.84 Å². The molecule has 0 amide bonds. The maximum Gasteiger partial charge on any atom is 0.148 e. The largest absolute Gasteiger partial charge is 0.396 e. The van der Waals surface area contributed by atoms with E-state index >= 15 is 0 Å². The molecular formula is C13H25N5O. The average Bonchev–Trinajstić information content (AvgIpc) is 2.35. The minimum absolute atomic E-state index is 0.138. The number of nitrogens with one attached hydrogen (secondary N) is 2. The third-order valence-electron chi connectivity index (χ3n) is 2.83. The molecule has 19 heavy (non-hydrogen) atoms. The van der Waals surface area contributed by atoms with Crippen molar-refractivity contribution in [1.29, 1.82) is 0 Å². The first-order valence-electron chi connectivity index (χ1n) is 6.60. The van der Waals surface area contributed by atoms with E-state index in [1.807, 2.05) is 6.92 Å². The summed E-state index contributed by atoms with van der Waals surface area (Å²) < 4.78 is 0. The molecule has 0 spiro atoms. The standard InChI is InChI=1S/C13H25N5O/c1-9-10(15-7-5-6-8-19)16-12(13(2,3)4)17-11(9)18-14/h19H,5-8,14H2,1-4H3,(H2,15,16,17,18). The molecule has 6 heteroatoms. The molecule has 5 N–H and O–H groups in total. The van der Waals surface area contributed by atoms with Gasteiger partial charge in [-0.2, -0.15) is 0 Å². The molecule has 0 saturated heterocycles. The molecule has 0 aliphatic rings. The van der Waals surface area contributed by atoms with E-state index in [-0.39, 0.29) is 12.0 Å². The van der Waals surface area contributed by atoms with Crippen LogP contribution in [0, 0.1) is 6.92 Å². The van der Waals surface area contributed by atoms with Crippen LogP contribution in [0.15, 0.2) is 0 Å². The number of unbranched alkanes of at least 4 members (excludes halogenated alkanes) is 1. The van der Waals surface area contributed by atoms with Crippen molar-refractivity contribution in [2.45, 2.75) is 46.0 Å². The molecule has 0 radical (unpaired) electrons. The quantitative estimate of drug-likeness (QED) is 0.355. The summed E-state index contributed by atoms with van der Waals surface area (Å²) >= 11 is 0. The molecule has 1 heterocycles. The molecule has 0 bridgehead atoms. The molecule has 6 nitrogen and oxygen atoms in total. The number of aromatic nitrogens is 2. The van der Waals surface area contributed by atoms with Crippen LogP contribution in [0.5, 0.6) is 0 Å². The highest BCUT2D eigenvalue weighted by molar-refractivity contribution is 5.57. The highest BCUT2D eigenvalue weighted by Crippen LogP contribution is 2.25. The molecule has 1 rings (SSSR count). The number of nitrogens with two attached hydrogens (primary N) is 1. The van der Waals surface area contributed by atoms with Crippen LogP contribution in [0.1, 0.15) is 45.0 Å². The summed E-state index contributed by atoms with van der Waals surface area (Å²) in [5, 5.41) is 12.0. The first kappa shape index (κ1) is 15.7. The predicted molar refractivity (Wildman–Crippen MR) is 78.1 cm³/mol. The van der Waals surface area contributed by atoms with Crippen molar-refractivity contribution in [3.05, 3.63) is 11.4 Å². The van der Waals surface area contributed by atoms with Gasteiger partial charge >= 0.3 is 0 Å². The monoisotopic (exact) mass is 267 g/mol. The Labute approximate surface area is 114 Å². The lowest BCUT2D eigenvalue weighted by Crippen LogP contribution is -2.21. The normalized spacial score (nSPS) is 11.5. The molecule has 1 aromatic rings. The summed E-state index contributed by atoms with van der Waals surface area (Å²) in [5.41, 5.74) is 3.38. The molecule has 0 atom stereocenters. The van der Waals surface area contributed by atoms with Crippen molar-refractivity contribution in [2.75, 3.05) is 23.9 Å². The van der Waals surface area contributed by atoms with Crippen LogP contribution in [-0.4, -0.2) is 28.2 Å². The molecule has 0 aromatic carbocycles. The Kier molecular flexibility index (Phi) is 5.50. The van der Waals surface area contributed by atoms with Crippen molar-refractivity contribution in [3.63, 3.8) is 0 Å². The molecule has 0 unspecified atom stereocenters. The van der Waals surface area contributed by atoms with E-state index in [9.17, 15) is 0 Å². The van der Waals surface area contributed by atoms with E-state index in [1.54, 1.807) is 0 Å². The zero-order chi connectivity index (χ0) is 14.5. The van der Waals surface area contributed by atoms with Gasteiger partial charge in [0.15, 0.2) is 0 Å². The third-order valence-corrected chi connectivity index (χ3v) is 2.83. The van der Waals surface area contributed by atoms with Gasteiger partial charge in [-0.1, -0.05) is 20.8 Å². The molecular weight excluding hydrogens is 242 g/mol. The van der Waals surface area contributed by atoms with Gasteiger partial charge in [-0.05, 0) is 19.8 Å². The molecule has 1 aromatic heterocycles. The smallest absolute Gasteiger partial charge is 0.148 e. The van der Waals surface area contributed by atoms with E-state index in [1.165, 1.54) is 0 Å².